The maximum atomic E-state index is 14.1. The lowest BCUT2D eigenvalue weighted by atomic mass is 9.90. The maximum Gasteiger partial charge on any atom is 0.405 e. The first-order chi connectivity index (χ1) is 19.9. The van der Waals surface area contributed by atoms with Crippen LogP contribution in [0.15, 0.2) is 30.3 Å². The Hall–Kier alpha value is -4.07. The monoisotopic (exact) mass is 570 g/mol. The molecule has 12 nitrogen and oxygen atoms in total. The van der Waals surface area contributed by atoms with Gasteiger partial charge in [0.25, 0.3) is 6.43 Å². The Bertz CT molecular complexity index is 1420. The van der Waals surface area contributed by atoms with Crippen molar-refractivity contribution in [2.75, 3.05) is 43.1 Å². The van der Waals surface area contributed by atoms with E-state index in [1.54, 1.807) is 35.2 Å². The summed E-state index contributed by atoms with van der Waals surface area (Å²) in [5.74, 6) is 0.717. The van der Waals surface area contributed by atoms with E-state index in [0.29, 0.717) is 67.9 Å². The molecule has 41 heavy (non-hydrogen) atoms. The largest absolute Gasteiger partial charge is 0.465 e. The number of fused-ring (bicyclic) bond motifs is 1. The minimum atomic E-state index is -2.80. The van der Waals surface area contributed by atoms with Gasteiger partial charge in [-0.3, -0.25) is 9.36 Å². The van der Waals surface area contributed by atoms with E-state index in [4.69, 9.17) is 14.8 Å². The fraction of sp³-hybridized carbons (Fsp3) is 0.519. The number of anilines is 2. The van der Waals surface area contributed by atoms with Crippen molar-refractivity contribution in [1.29, 1.82) is 0 Å². The van der Waals surface area contributed by atoms with E-state index in [-0.39, 0.29) is 23.8 Å². The molecule has 0 unspecified atom stereocenters. The number of hydrogen-bond donors (Lipinski definition) is 3. The summed E-state index contributed by atoms with van der Waals surface area (Å²) < 4.78 is 35.1. The quantitative estimate of drug-likeness (QED) is 0.391. The zero-order chi connectivity index (χ0) is 28.5. The van der Waals surface area contributed by atoms with Crippen LogP contribution in [0.25, 0.3) is 16.9 Å². The Morgan fingerprint density at radius 3 is 2.46 bits per heavy atom. The number of carbonyl (C=O) groups excluding carboxylic acids is 1. The molecule has 1 aromatic carbocycles. The van der Waals surface area contributed by atoms with Crippen LogP contribution in [0.3, 0.4) is 0 Å². The van der Waals surface area contributed by atoms with Gasteiger partial charge in [0.2, 0.25) is 11.9 Å². The van der Waals surface area contributed by atoms with Gasteiger partial charge in [0.05, 0.1) is 24.2 Å². The molecule has 3 aliphatic rings. The van der Waals surface area contributed by atoms with Gasteiger partial charge in [-0.2, -0.15) is 9.97 Å². The number of para-hydroxylation sites is 2. The highest BCUT2D eigenvalue weighted by molar-refractivity contribution is 5.87. The van der Waals surface area contributed by atoms with Crippen LogP contribution in [0, 0.1) is 0 Å². The molecule has 0 radical (unpaired) electrons. The van der Waals surface area contributed by atoms with Crippen molar-refractivity contribution in [3.63, 3.8) is 0 Å². The standard InChI is InChI=1S/C27H32F2N8O4/c28-23(29)24-31-18-3-1-2-4-20(18)37(24)22-15-21(35-11-13-41-14-12-35)33-26(34-22)30-16-5-7-17(8-6-16)36-10-9-19(25(36)38)32-27(39)40/h1-4,15-17,19,23,32H,5-14H2,(H,39,40)(H,30,33,34)/t16?,17?,19-/m0/s1. The molecule has 2 saturated heterocycles. The smallest absolute Gasteiger partial charge is 0.405 e. The first kappa shape index (κ1) is 27.1. The number of benzene rings is 1. The molecule has 4 heterocycles. The van der Waals surface area contributed by atoms with E-state index in [1.807, 2.05) is 0 Å². The second kappa shape index (κ2) is 11.4. The summed E-state index contributed by atoms with van der Waals surface area (Å²) in [4.78, 5) is 41.2. The molecule has 2 aliphatic heterocycles. The predicted octanol–water partition coefficient (Wildman–Crippen LogP) is 3.18. The number of carbonyl (C=O) groups is 2. The number of halogens is 2. The van der Waals surface area contributed by atoms with Gasteiger partial charge in [0.15, 0.2) is 5.82 Å². The average Bonchev–Trinajstić information content (AvgIpc) is 3.54. The van der Waals surface area contributed by atoms with E-state index in [1.165, 1.54) is 4.57 Å². The molecule has 6 rings (SSSR count). The number of amides is 2. The van der Waals surface area contributed by atoms with Crippen molar-refractivity contribution in [3.05, 3.63) is 36.2 Å². The van der Waals surface area contributed by atoms with Crippen LogP contribution < -0.4 is 15.5 Å². The second-order valence-electron chi connectivity index (χ2n) is 10.6. The number of alkyl halides is 2. The van der Waals surface area contributed by atoms with Crippen LogP contribution in [-0.4, -0.2) is 92.5 Å². The molecule has 2 amide bonds. The third-order valence-electron chi connectivity index (χ3n) is 8.05. The molecular weight excluding hydrogens is 538 g/mol. The molecule has 218 valence electrons. The van der Waals surface area contributed by atoms with Crippen LogP contribution in [0.1, 0.15) is 44.4 Å². The van der Waals surface area contributed by atoms with Crippen molar-refractivity contribution in [3.8, 4) is 5.82 Å². The molecular formula is C27H32F2N8O4. The van der Waals surface area contributed by atoms with Gasteiger partial charge in [-0.25, -0.2) is 18.6 Å². The normalized spacial score (nSPS) is 23.4. The molecule has 3 N–H and O–H groups in total. The van der Waals surface area contributed by atoms with Crippen LogP contribution in [0.4, 0.5) is 25.3 Å². The number of rotatable bonds is 7. The third-order valence-corrected chi connectivity index (χ3v) is 8.05. The molecule has 0 spiro atoms. The van der Waals surface area contributed by atoms with Crippen LogP contribution >= 0.6 is 0 Å². The number of hydrogen-bond acceptors (Lipinski definition) is 8. The van der Waals surface area contributed by atoms with Crippen molar-refractivity contribution >= 4 is 34.8 Å². The SMILES string of the molecule is O=C(O)N[C@H]1CCN(C2CCC(Nc3nc(N4CCOCC4)cc(-n4c(C(F)F)nc5ccccc54)n3)CC2)C1=O. The predicted molar refractivity (Wildman–Crippen MR) is 146 cm³/mol. The lowest BCUT2D eigenvalue weighted by molar-refractivity contribution is -0.131. The van der Waals surface area contributed by atoms with Gasteiger partial charge in [0, 0.05) is 37.8 Å². The Labute approximate surface area is 234 Å². The first-order valence-corrected chi connectivity index (χ1v) is 13.9. The van der Waals surface area contributed by atoms with Crippen molar-refractivity contribution in [2.24, 2.45) is 0 Å². The van der Waals surface area contributed by atoms with E-state index in [9.17, 15) is 18.4 Å². The van der Waals surface area contributed by atoms with Crippen molar-refractivity contribution in [2.45, 2.75) is 56.7 Å². The van der Waals surface area contributed by atoms with Gasteiger partial charge in [0.1, 0.15) is 17.7 Å². The van der Waals surface area contributed by atoms with Gasteiger partial charge in [-0.1, -0.05) is 12.1 Å². The van der Waals surface area contributed by atoms with Crippen molar-refractivity contribution in [1.82, 2.24) is 29.7 Å². The van der Waals surface area contributed by atoms with E-state index in [0.717, 1.165) is 25.7 Å². The highest BCUT2D eigenvalue weighted by Gasteiger charge is 2.38. The topological polar surface area (TPSA) is 138 Å². The Kier molecular flexibility index (Phi) is 7.56. The van der Waals surface area contributed by atoms with Gasteiger partial charge < -0.3 is 30.3 Å². The average molecular weight is 571 g/mol. The summed E-state index contributed by atoms with van der Waals surface area (Å²) in [6.45, 7) is 2.86. The highest BCUT2D eigenvalue weighted by atomic mass is 19.3. The van der Waals surface area contributed by atoms with Gasteiger partial charge in [-0.15, -0.1) is 0 Å². The zero-order valence-electron chi connectivity index (χ0n) is 22.4. The summed E-state index contributed by atoms with van der Waals surface area (Å²) in [5, 5.41) is 14.7. The lowest BCUT2D eigenvalue weighted by Crippen LogP contribution is -2.46. The number of nitrogens with zero attached hydrogens (tertiary/aromatic N) is 6. The Balaban J connectivity index is 1.24. The molecule has 2 aromatic heterocycles. The summed E-state index contributed by atoms with van der Waals surface area (Å²) in [7, 11) is 0. The lowest BCUT2D eigenvalue weighted by Gasteiger charge is -2.35. The van der Waals surface area contributed by atoms with E-state index >= 15 is 0 Å². The number of aromatic nitrogens is 4. The summed E-state index contributed by atoms with van der Waals surface area (Å²) >= 11 is 0. The minimum Gasteiger partial charge on any atom is -0.465 e. The van der Waals surface area contributed by atoms with Crippen LogP contribution in [0.5, 0.6) is 0 Å². The summed E-state index contributed by atoms with van der Waals surface area (Å²) in [6.07, 6.45) is -0.514. The number of likely N-dealkylation sites (tertiary alicyclic amines) is 1. The minimum absolute atomic E-state index is 0.0267. The maximum absolute atomic E-state index is 14.1. The number of imidazole rings is 1. The number of nitrogens with one attached hydrogen (secondary N) is 2. The molecule has 3 fully saturated rings. The Morgan fingerprint density at radius 1 is 1.00 bits per heavy atom. The first-order valence-electron chi connectivity index (χ1n) is 13.9. The van der Waals surface area contributed by atoms with Crippen molar-refractivity contribution < 1.29 is 28.2 Å². The Morgan fingerprint density at radius 2 is 1.73 bits per heavy atom. The molecule has 14 heteroatoms. The fourth-order valence-electron chi connectivity index (χ4n) is 6.05. The number of ether oxygens (including phenoxy) is 1. The van der Waals surface area contributed by atoms with Gasteiger partial charge >= 0.3 is 6.09 Å². The van der Waals surface area contributed by atoms with Gasteiger partial charge in [-0.05, 0) is 44.2 Å². The van der Waals surface area contributed by atoms with E-state index < -0.39 is 18.6 Å². The second-order valence-corrected chi connectivity index (χ2v) is 10.6. The molecule has 1 aliphatic carbocycles. The number of carboxylic acid groups (broad SMARTS) is 1. The number of morpholine rings is 1. The van der Waals surface area contributed by atoms with Crippen LogP contribution in [0.2, 0.25) is 0 Å². The summed E-state index contributed by atoms with van der Waals surface area (Å²) in [5.41, 5.74) is 0.992. The summed E-state index contributed by atoms with van der Waals surface area (Å²) in [6, 6.07) is 8.09. The molecule has 1 atom stereocenters. The highest BCUT2D eigenvalue weighted by Crippen LogP contribution is 2.31. The van der Waals surface area contributed by atoms with Crippen LogP contribution in [-0.2, 0) is 9.53 Å². The third kappa shape index (κ3) is 5.60. The molecule has 3 aromatic rings. The molecule has 1 saturated carbocycles. The zero-order valence-corrected chi connectivity index (χ0v) is 22.4. The fourth-order valence-corrected chi connectivity index (χ4v) is 6.05. The molecule has 0 bridgehead atoms. The van der Waals surface area contributed by atoms with E-state index in [2.05, 4.69) is 25.5 Å².